The number of nitrogens with zero attached hydrogens (tertiary/aromatic N) is 1. The Kier molecular flexibility index (Phi) is 3.68. The molecular weight excluding hydrogens is 180 g/mol. The van der Waals surface area contributed by atoms with Gasteiger partial charge in [0, 0.05) is 19.5 Å². The number of carbonyl (C=O) groups excluding carboxylic acids is 2. The zero-order valence-electron chi connectivity index (χ0n) is 8.62. The molecule has 1 heterocycles. The highest BCUT2D eigenvalue weighted by molar-refractivity contribution is 5.89. The minimum absolute atomic E-state index is 0.00560. The van der Waals surface area contributed by atoms with Gasteiger partial charge in [0.25, 0.3) is 0 Å². The Morgan fingerprint density at radius 1 is 1.57 bits per heavy atom. The van der Waals surface area contributed by atoms with Crippen LogP contribution < -0.4 is 5.32 Å². The summed E-state index contributed by atoms with van der Waals surface area (Å²) in [7, 11) is 0. The largest absolute Gasteiger partial charge is 0.345 e. The predicted octanol–water partition coefficient (Wildman–Crippen LogP) is 0.299. The fourth-order valence-electron chi connectivity index (χ4n) is 1.41. The van der Waals surface area contributed by atoms with Crippen LogP contribution in [0.4, 0.5) is 0 Å². The van der Waals surface area contributed by atoms with Crippen molar-refractivity contribution in [2.24, 2.45) is 0 Å². The second kappa shape index (κ2) is 4.79. The van der Waals surface area contributed by atoms with E-state index in [0.717, 1.165) is 0 Å². The molecular formula is C10H16N2O2. The fraction of sp³-hybridized carbons (Fsp3) is 0.600. The third-order valence-electron chi connectivity index (χ3n) is 2.23. The number of allylic oxidation sites excluding steroid dienone is 1. The molecule has 1 unspecified atom stereocenters. The van der Waals surface area contributed by atoms with Crippen LogP contribution >= 0.6 is 0 Å². The molecule has 2 amide bonds. The first-order valence-corrected chi connectivity index (χ1v) is 4.84. The van der Waals surface area contributed by atoms with Crippen molar-refractivity contribution < 1.29 is 9.59 Å². The van der Waals surface area contributed by atoms with Gasteiger partial charge in [-0.25, -0.2) is 0 Å². The van der Waals surface area contributed by atoms with Gasteiger partial charge in [-0.05, 0) is 13.8 Å². The van der Waals surface area contributed by atoms with Crippen LogP contribution in [0.3, 0.4) is 0 Å². The summed E-state index contributed by atoms with van der Waals surface area (Å²) in [6, 6.07) is -0.393. The van der Waals surface area contributed by atoms with Crippen LogP contribution in [0.15, 0.2) is 12.2 Å². The van der Waals surface area contributed by atoms with Crippen molar-refractivity contribution in [2.45, 2.75) is 26.3 Å². The second-order valence-electron chi connectivity index (χ2n) is 3.39. The maximum atomic E-state index is 11.7. The molecule has 1 saturated heterocycles. The first-order chi connectivity index (χ1) is 6.65. The Hall–Kier alpha value is -1.32. The van der Waals surface area contributed by atoms with Crippen LogP contribution in [0.2, 0.25) is 0 Å². The number of carbonyl (C=O) groups is 2. The Balaban J connectivity index is 2.65. The molecule has 1 fully saturated rings. The van der Waals surface area contributed by atoms with Crippen LogP contribution in [-0.2, 0) is 9.59 Å². The molecule has 0 saturated carbocycles. The SMILES string of the molecule is C/C=C/CN1CCC(=O)NC(C)C1=O. The van der Waals surface area contributed by atoms with Gasteiger partial charge in [0.05, 0.1) is 0 Å². The number of amides is 2. The third-order valence-corrected chi connectivity index (χ3v) is 2.23. The molecule has 78 valence electrons. The van der Waals surface area contributed by atoms with E-state index in [2.05, 4.69) is 5.32 Å². The van der Waals surface area contributed by atoms with Gasteiger partial charge in [0.2, 0.25) is 11.8 Å². The lowest BCUT2D eigenvalue weighted by atomic mass is 10.3. The number of rotatable bonds is 2. The highest BCUT2D eigenvalue weighted by Crippen LogP contribution is 2.03. The monoisotopic (exact) mass is 196 g/mol. The first-order valence-electron chi connectivity index (χ1n) is 4.84. The summed E-state index contributed by atoms with van der Waals surface area (Å²) in [6.07, 6.45) is 4.21. The fourth-order valence-corrected chi connectivity index (χ4v) is 1.41. The van der Waals surface area contributed by atoms with Crippen molar-refractivity contribution >= 4 is 11.8 Å². The average molecular weight is 196 g/mol. The summed E-state index contributed by atoms with van der Waals surface area (Å²) in [5, 5.41) is 2.64. The molecule has 0 bridgehead atoms. The Morgan fingerprint density at radius 3 is 2.93 bits per heavy atom. The molecule has 0 aliphatic carbocycles. The molecule has 0 aromatic heterocycles. The number of hydrogen-bond acceptors (Lipinski definition) is 2. The van der Waals surface area contributed by atoms with Crippen LogP contribution in [-0.4, -0.2) is 35.8 Å². The Labute approximate surface area is 84.0 Å². The van der Waals surface area contributed by atoms with Crippen LogP contribution in [0.25, 0.3) is 0 Å². The highest BCUT2D eigenvalue weighted by Gasteiger charge is 2.25. The lowest BCUT2D eigenvalue weighted by Gasteiger charge is -2.20. The zero-order chi connectivity index (χ0) is 10.6. The van der Waals surface area contributed by atoms with E-state index in [4.69, 9.17) is 0 Å². The van der Waals surface area contributed by atoms with E-state index >= 15 is 0 Å². The van der Waals surface area contributed by atoms with Gasteiger partial charge in [-0.3, -0.25) is 9.59 Å². The van der Waals surface area contributed by atoms with E-state index in [0.29, 0.717) is 19.5 Å². The van der Waals surface area contributed by atoms with Crippen LogP contribution in [0, 0.1) is 0 Å². The molecule has 1 aliphatic rings. The van der Waals surface area contributed by atoms with Crippen molar-refractivity contribution in [1.82, 2.24) is 10.2 Å². The van der Waals surface area contributed by atoms with E-state index in [1.807, 2.05) is 19.1 Å². The second-order valence-corrected chi connectivity index (χ2v) is 3.39. The summed E-state index contributed by atoms with van der Waals surface area (Å²) in [4.78, 5) is 24.5. The van der Waals surface area contributed by atoms with Crippen LogP contribution in [0.1, 0.15) is 20.3 Å². The lowest BCUT2D eigenvalue weighted by molar-refractivity contribution is -0.132. The molecule has 1 N–H and O–H groups in total. The molecule has 0 radical (unpaired) electrons. The molecule has 1 atom stereocenters. The molecule has 1 aliphatic heterocycles. The van der Waals surface area contributed by atoms with Gasteiger partial charge in [-0.1, -0.05) is 12.2 Å². The number of nitrogens with one attached hydrogen (secondary N) is 1. The molecule has 0 aromatic rings. The van der Waals surface area contributed by atoms with E-state index in [9.17, 15) is 9.59 Å². The van der Waals surface area contributed by atoms with Gasteiger partial charge in [-0.15, -0.1) is 0 Å². The quantitative estimate of drug-likeness (QED) is 0.646. The van der Waals surface area contributed by atoms with Crippen LogP contribution in [0.5, 0.6) is 0 Å². The van der Waals surface area contributed by atoms with E-state index < -0.39 is 6.04 Å². The van der Waals surface area contributed by atoms with Crippen molar-refractivity contribution in [3.63, 3.8) is 0 Å². The smallest absolute Gasteiger partial charge is 0.245 e. The Morgan fingerprint density at radius 2 is 2.29 bits per heavy atom. The van der Waals surface area contributed by atoms with E-state index in [-0.39, 0.29) is 11.8 Å². The van der Waals surface area contributed by atoms with E-state index in [1.165, 1.54) is 0 Å². The molecule has 1 rings (SSSR count). The summed E-state index contributed by atoms with van der Waals surface area (Å²) in [5.41, 5.74) is 0. The average Bonchev–Trinajstić information content (AvgIpc) is 2.26. The summed E-state index contributed by atoms with van der Waals surface area (Å²) >= 11 is 0. The van der Waals surface area contributed by atoms with Gasteiger partial charge < -0.3 is 10.2 Å². The molecule has 4 heteroatoms. The third kappa shape index (κ3) is 2.58. The van der Waals surface area contributed by atoms with Gasteiger partial charge in [0.1, 0.15) is 6.04 Å². The number of hydrogen-bond donors (Lipinski definition) is 1. The minimum Gasteiger partial charge on any atom is -0.345 e. The summed E-state index contributed by atoms with van der Waals surface area (Å²) in [5.74, 6) is -0.0530. The first kappa shape index (κ1) is 10.8. The van der Waals surface area contributed by atoms with Crippen molar-refractivity contribution in [3.8, 4) is 0 Å². The predicted molar refractivity (Wildman–Crippen MR) is 53.6 cm³/mol. The van der Waals surface area contributed by atoms with Crippen molar-refractivity contribution in [3.05, 3.63) is 12.2 Å². The minimum atomic E-state index is -0.393. The van der Waals surface area contributed by atoms with E-state index in [1.54, 1.807) is 11.8 Å². The highest BCUT2D eigenvalue weighted by atomic mass is 16.2. The molecule has 4 nitrogen and oxygen atoms in total. The van der Waals surface area contributed by atoms with Gasteiger partial charge >= 0.3 is 0 Å². The molecule has 0 spiro atoms. The molecule has 0 aromatic carbocycles. The topological polar surface area (TPSA) is 49.4 Å². The van der Waals surface area contributed by atoms with Gasteiger partial charge in [0.15, 0.2) is 0 Å². The lowest BCUT2D eigenvalue weighted by Crippen LogP contribution is -2.42. The molecule has 14 heavy (non-hydrogen) atoms. The van der Waals surface area contributed by atoms with Gasteiger partial charge in [-0.2, -0.15) is 0 Å². The summed E-state index contributed by atoms with van der Waals surface area (Å²) in [6.45, 7) is 4.73. The van der Waals surface area contributed by atoms with Crippen molar-refractivity contribution in [2.75, 3.05) is 13.1 Å². The maximum Gasteiger partial charge on any atom is 0.245 e. The maximum absolute atomic E-state index is 11.7. The summed E-state index contributed by atoms with van der Waals surface area (Å²) < 4.78 is 0. The normalized spacial score (nSPS) is 23.9. The standard InChI is InChI=1S/C10H16N2O2/c1-3-4-6-12-7-5-9(13)11-8(2)10(12)14/h3-4,8H,5-7H2,1-2H3,(H,11,13)/b4-3+. The van der Waals surface area contributed by atoms with Crippen molar-refractivity contribution in [1.29, 1.82) is 0 Å². The Bertz CT molecular complexity index is 261. The zero-order valence-corrected chi connectivity index (χ0v) is 8.62.